The molecule has 0 spiro atoms. The quantitative estimate of drug-likeness (QED) is 0.213. The molecular formula is C30H32N2S2. The Bertz CT molecular complexity index is 1040. The van der Waals surface area contributed by atoms with Crippen LogP contribution in [0.2, 0.25) is 0 Å². The van der Waals surface area contributed by atoms with Crippen LogP contribution in [0.15, 0.2) is 97.1 Å². The molecule has 0 atom stereocenters. The van der Waals surface area contributed by atoms with E-state index >= 15 is 0 Å². The molecule has 4 heteroatoms. The first-order chi connectivity index (χ1) is 16.2. The van der Waals surface area contributed by atoms with Crippen molar-refractivity contribution in [2.75, 3.05) is 0 Å². The highest BCUT2D eigenvalue weighted by Gasteiger charge is 2.38. The second-order valence-electron chi connectivity index (χ2n) is 9.10. The predicted octanol–water partition coefficient (Wildman–Crippen LogP) is 7.32. The lowest BCUT2D eigenvalue weighted by atomic mass is 9.97. The first-order valence-electron chi connectivity index (χ1n) is 11.4. The minimum absolute atomic E-state index is 0.772. The number of aryl methyl sites for hydroxylation is 4. The molecule has 0 saturated carbocycles. The lowest BCUT2D eigenvalue weighted by Gasteiger charge is -2.36. The van der Waals surface area contributed by atoms with Crippen LogP contribution in [-0.4, -0.2) is 0 Å². The number of benzene rings is 4. The third-order valence-corrected chi connectivity index (χ3v) is 9.61. The maximum absolute atomic E-state index is 7.24. The highest BCUT2D eigenvalue weighted by molar-refractivity contribution is 8.77. The predicted molar refractivity (Wildman–Crippen MR) is 150 cm³/mol. The molecule has 0 aliphatic rings. The van der Waals surface area contributed by atoms with Crippen LogP contribution in [0.1, 0.15) is 44.5 Å². The summed E-state index contributed by atoms with van der Waals surface area (Å²) < 4.78 is 0. The van der Waals surface area contributed by atoms with Crippen LogP contribution in [0.3, 0.4) is 0 Å². The van der Waals surface area contributed by atoms with E-state index in [2.05, 4.69) is 125 Å². The summed E-state index contributed by atoms with van der Waals surface area (Å²) in [4.78, 5) is -1.54. The Morgan fingerprint density at radius 1 is 0.382 bits per heavy atom. The first-order valence-corrected chi connectivity index (χ1v) is 13.6. The minimum atomic E-state index is -0.772. The van der Waals surface area contributed by atoms with Gasteiger partial charge in [-0.15, -0.1) is 0 Å². The molecule has 2 nitrogen and oxygen atoms in total. The van der Waals surface area contributed by atoms with Crippen molar-refractivity contribution in [2.45, 2.75) is 37.4 Å². The normalized spacial score (nSPS) is 12.1. The van der Waals surface area contributed by atoms with Crippen molar-refractivity contribution >= 4 is 21.6 Å². The molecule has 34 heavy (non-hydrogen) atoms. The number of hydrogen-bond donors (Lipinski definition) is 2. The molecule has 0 unspecified atom stereocenters. The molecule has 4 N–H and O–H groups in total. The van der Waals surface area contributed by atoms with Gasteiger partial charge in [0.15, 0.2) is 0 Å². The highest BCUT2D eigenvalue weighted by Crippen LogP contribution is 2.53. The molecule has 0 bridgehead atoms. The van der Waals surface area contributed by atoms with Crippen LogP contribution in [0.4, 0.5) is 0 Å². The molecular weight excluding hydrogens is 452 g/mol. The fraction of sp³-hybridized carbons (Fsp3) is 0.200. The van der Waals surface area contributed by atoms with Gasteiger partial charge in [0.25, 0.3) is 0 Å². The summed E-state index contributed by atoms with van der Waals surface area (Å²) in [5, 5.41) is 0. The van der Waals surface area contributed by atoms with Crippen molar-refractivity contribution < 1.29 is 0 Å². The van der Waals surface area contributed by atoms with Gasteiger partial charge >= 0.3 is 0 Å². The first kappa shape index (κ1) is 24.6. The monoisotopic (exact) mass is 484 g/mol. The van der Waals surface area contributed by atoms with E-state index in [1.165, 1.54) is 22.3 Å². The van der Waals surface area contributed by atoms with Gasteiger partial charge in [-0.3, -0.25) is 0 Å². The zero-order valence-corrected chi connectivity index (χ0v) is 21.8. The fourth-order valence-electron chi connectivity index (χ4n) is 3.86. The Labute approximate surface area is 211 Å². The summed E-state index contributed by atoms with van der Waals surface area (Å²) in [7, 11) is 3.23. The van der Waals surface area contributed by atoms with Crippen LogP contribution >= 0.6 is 21.6 Å². The smallest absolute Gasteiger partial charge is 0.124 e. The molecule has 0 aliphatic heterocycles. The van der Waals surface area contributed by atoms with E-state index in [9.17, 15) is 0 Å². The molecule has 0 saturated heterocycles. The van der Waals surface area contributed by atoms with Crippen LogP contribution in [0.25, 0.3) is 0 Å². The van der Waals surface area contributed by atoms with E-state index in [4.69, 9.17) is 11.5 Å². The summed E-state index contributed by atoms with van der Waals surface area (Å²) in [6.45, 7) is 8.37. The molecule has 0 amide bonds. The van der Waals surface area contributed by atoms with Gasteiger partial charge in [0.05, 0.1) is 0 Å². The zero-order chi connectivity index (χ0) is 24.3. The van der Waals surface area contributed by atoms with Gasteiger partial charge in [0.1, 0.15) is 9.74 Å². The zero-order valence-electron chi connectivity index (χ0n) is 20.2. The van der Waals surface area contributed by atoms with Crippen LogP contribution in [0.5, 0.6) is 0 Å². The Hall–Kier alpha value is -2.50. The van der Waals surface area contributed by atoms with Gasteiger partial charge in [-0.1, -0.05) is 141 Å². The van der Waals surface area contributed by atoms with Crippen LogP contribution < -0.4 is 11.5 Å². The summed E-state index contributed by atoms with van der Waals surface area (Å²) >= 11 is 0. The number of hydrogen-bond acceptors (Lipinski definition) is 4. The summed E-state index contributed by atoms with van der Waals surface area (Å²) in [6.07, 6.45) is 0. The maximum Gasteiger partial charge on any atom is 0.124 e. The molecule has 0 fully saturated rings. The molecule has 0 heterocycles. The number of nitrogens with two attached hydrogens (primary N) is 2. The molecule has 174 valence electrons. The van der Waals surface area contributed by atoms with E-state index < -0.39 is 9.74 Å². The average Bonchev–Trinajstić information content (AvgIpc) is 2.84. The Kier molecular flexibility index (Phi) is 7.25. The standard InChI is InChI=1S/C30H32N2S2/c1-21-5-13-25(14-6-21)29(31,26-15-7-22(2)8-16-26)33-34-30(32,27-17-9-23(3)10-18-27)28-19-11-24(4)12-20-28/h5-20H,31-32H2,1-4H3. The van der Waals surface area contributed by atoms with Gasteiger partial charge < -0.3 is 11.5 Å². The van der Waals surface area contributed by atoms with Crippen molar-refractivity contribution in [1.82, 2.24) is 0 Å². The minimum Gasteiger partial charge on any atom is -0.309 e. The van der Waals surface area contributed by atoms with Crippen molar-refractivity contribution in [2.24, 2.45) is 11.5 Å². The lowest BCUT2D eigenvalue weighted by molar-refractivity contribution is 0.786. The summed E-state index contributed by atoms with van der Waals surface area (Å²) in [5.74, 6) is 0. The van der Waals surface area contributed by atoms with Crippen LogP contribution in [0, 0.1) is 27.7 Å². The molecule has 0 aliphatic carbocycles. The van der Waals surface area contributed by atoms with E-state index in [1.807, 2.05) is 0 Å². The van der Waals surface area contributed by atoms with Gasteiger partial charge in [-0.05, 0) is 49.9 Å². The molecule has 4 aromatic carbocycles. The summed E-state index contributed by atoms with van der Waals surface area (Å²) in [5.41, 5.74) is 23.5. The van der Waals surface area contributed by atoms with E-state index in [0.717, 1.165) is 22.3 Å². The van der Waals surface area contributed by atoms with E-state index in [0.29, 0.717) is 0 Å². The second kappa shape index (κ2) is 10.0. The molecule has 4 aromatic rings. The van der Waals surface area contributed by atoms with Crippen molar-refractivity contribution in [3.8, 4) is 0 Å². The van der Waals surface area contributed by atoms with Crippen molar-refractivity contribution in [1.29, 1.82) is 0 Å². The third-order valence-electron chi connectivity index (χ3n) is 6.23. The molecule has 0 radical (unpaired) electrons. The van der Waals surface area contributed by atoms with E-state index in [-0.39, 0.29) is 0 Å². The second-order valence-corrected chi connectivity index (χ2v) is 11.7. The largest absolute Gasteiger partial charge is 0.309 e. The van der Waals surface area contributed by atoms with Crippen LogP contribution in [-0.2, 0) is 9.74 Å². The van der Waals surface area contributed by atoms with Gasteiger partial charge in [-0.2, -0.15) is 0 Å². The topological polar surface area (TPSA) is 52.0 Å². The SMILES string of the molecule is Cc1ccc(C(N)(SSC(N)(c2ccc(C)cc2)c2ccc(C)cc2)c2ccc(C)cc2)cc1. The van der Waals surface area contributed by atoms with Gasteiger partial charge in [0, 0.05) is 0 Å². The highest BCUT2D eigenvalue weighted by atomic mass is 33.1. The Morgan fingerprint density at radius 2 is 0.559 bits per heavy atom. The van der Waals surface area contributed by atoms with Gasteiger partial charge in [-0.25, -0.2) is 0 Å². The third kappa shape index (κ3) is 5.11. The van der Waals surface area contributed by atoms with Gasteiger partial charge in [0.2, 0.25) is 0 Å². The van der Waals surface area contributed by atoms with Crippen molar-refractivity contribution in [3.63, 3.8) is 0 Å². The van der Waals surface area contributed by atoms with Crippen molar-refractivity contribution in [3.05, 3.63) is 142 Å². The fourth-order valence-corrected chi connectivity index (χ4v) is 7.00. The Balaban J connectivity index is 1.78. The maximum atomic E-state index is 7.24. The Morgan fingerprint density at radius 3 is 0.735 bits per heavy atom. The lowest BCUT2D eigenvalue weighted by Crippen LogP contribution is -2.38. The average molecular weight is 485 g/mol. The number of rotatable bonds is 7. The van der Waals surface area contributed by atoms with E-state index in [1.54, 1.807) is 21.6 Å². The summed E-state index contributed by atoms with van der Waals surface area (Å²) in [6, 6.07) is 33.9. The molecule has 4 rings (SSSR count). The molecule has 0 aromatic heterocycles.